The Labute approximate surface area is 256 Å². The zero-order chi connectivity index (χ0) is 31.7. The molecule has 1 aromatic rings. The van der Waals surface area contributed by atoms with Crippen molar-refractivity contribution < 1.29 is 39.1 Å². The molecule has 238 valence electrons. The van der Waals surface area contributed by atoms with Crippen molar-refractivity contribution in [3.05, 3.63) is 71.8 Å². The Morgan fingerprint density at radius 2 is 1.91 bits per heavy atom. The zero-order valence-corrected chi connectivity index (χ0v) is 26.4. The second kappa shape index (κ2) is 15.8. The normalized spacial score (nSPS) is 33.4. The summed E-state index contributed by atoms with van der Waals surface area (Å²) in [5, 5.41) is 31.9. The van der Waals surface area contributed by atoms with Gasteiger partial charge in [-0.2, -0.15) is 0 Å². The highest BCUT2D eigenvalue weighted by Gasteiger charge is 2.45. The van der Waals surface area contributed by atoms with Gasteiger partial charge in [-0.15, -0.1) is 0 Å². The van der Waals surface area contributed by atoms with Crippen molar-refractivity contribution in [2.45, 2.75) is 116 Å². The average molecular weight is 599 g/mol. The van der Waals surface area contributed by atoms with Crippen LogP contribution in [0.5, 0.6) is 0 Å². The quantitative estimate of drug-likeness (QED) is 0.143. The molecule has 3 N–H and O–H groups in total. The van der Waals surface area contributed by atoms with Gasteiger partial charge in [0, 0.05) is 11.8 Å². The first-order valence-electron chi connectivity index (χ1n) is 15.5. The molecule has 2 aliphatic heterocycles. The summed E-state index contributed by atoms with van der Waals surface area (Å²) in [5.74, 6) is -1.03. The smallest absolute Gasteiger partial charge is 0.338 e. The lowest BCUT2D eigenvalue weighted by atomic mass is 9.88. The van der Waals surface area contributed by atoms with Crippen LogP contribution in [0.25, 0.3) is 0 Å². The van der Waals surface area contributed by atoms with Gasteiger partial charge in [0.05, 0.1) is 36.4 Å². The van der Waals surface area contributed by atoms with Gasteiger partial charge in [0.25, 0.3) is 0 Å². The summed E-state index contributed by atoms with van der Waals surface area (Å²) in [4.78, 5) is 25.6. The molecule has 1 aromatic carbocycles. The Bertz CT molecular complexity index is 1140. The van der Waals surface area contributed by atoms with E-state index in [2.05, 4.69) is 13.0 Å². The summed E-state index contributed by atoms with van der Waals surface area (Å²) in [6, 6.07) is 8.57. The lowest BCUT2D eigenvalue weighted by Gasteiger charge is -2.32. The lowest BCUT2D eigenvalue weighted by Crippen LogP contribution is -2.42. The molecule has 0 spiro atoms. The predicted octanol–water partition coefficient (Wildman–Crippen LogP) is 5.32. The third-order valence-electron chi connectivity index (χ3n) is 8.58. The molecule has 1 fully saturated rings. The van der Waals surface area contributed by atoms with E-state index in [4.69, 9.17) is 14.2 Å². The summed E-state index contributed by atoms with van der Waals surface area (Å²) in [7, 11) is 0. The number of hydrogen-bond acceptors (Lipinski definition) is 8. The van der Waals surface area contributed by atoms with E-state index in [0.29, 0.717) is 12.0 Å². The first-order chi connectivity index (χ1) is 20.3. The van der Waals surface area contributed by atoms with Crippen LogP contribution >= 0.6 is 0 Å². The maximum atomic E-state index is 12.9. The van der Waals surface area contributed by atoms with Gasteiger partial charge < -0.3 is 29.5 Å². The van der Waals surface area contributed by atoms with Crippen LogP contribution in [-0.2, 0) is 19.0 Å². The van der Waals surface area contributed by atoms with Crippen molar-refractivity contribution in [3.63, 3.8) is 0 Å². The van der Waals surface area contributed by atoms with Crippen LogP contribution in [-0.4, -0.2) is 69.5 Å². The Hall–Kier alpha value is -2.78. The summed E-state index contributed by atoms with van der Waals surface area (Å²) in [5.41, 5.74) is -0.291. The number of aliphatic hydroxyl groups is 3. The molecule has 1 saturated heterocycles. The molecule has 10 atom stereocenters. The number of aliphatic hydroxyl groups excluding tert-OH is 2. The maximum Gasteiger partial charge on any atom is 0.338 e. The van der Waals surface area contributed by atoms with Gasteiger partial charge in [-0.3, -0.25) is 4.79 Å². The molecule has 0 saturated carbocycles. The van der Waals surface area contributed by atoms with Gasteiger partial charge in [-0.05, 0) is 69.2 Å². The highest BCUT2D eigenvalue weighted by molar-refractivity contribution is 5.89. The maximum absolute atomic E-state index is 12.9. The van der Waals surface area contributed by atoms with E-state index in [9.17, 15) is 24.9 Å². The van der Waals surface area contributed by atoms with Crippen molar-refractivity contribution in [1.29, 1.82) is 0 Å². The minimum absolute atomic E-state index is 0.0956. The number of hydrogen-bond donors (Lipinski definition) is 3. The van der Waals surface area contributed by atoms with Crippen LogP contribution in [0, 0.1) is 17.8 Å². The molecule has 8 heteroatoms. The van der Waals surface area contributed by atoms with Crippen molar-refractivity contribution in [1.82, 2.24) is 0 Å². The second-order valence-corrected chi connectivity index (χ2v) is 12.6. The second-order valence-electron chi connectivity index (χ2n) is 12.6. The minimum atomic E-state index is -1.47. The third-order valence-corrected chi connectivity index (χ3v) is 8.58. The Balaban J connectivity index is 1.73. The number of carbonyl (C=O) groups excluding carboxylic acids is 2. The molecule has 8 nitrogen and oxygen atoms in total. The van der Waals surface area contributed by atoms with Gasteiger partial charge in [-0.1, -0.05) is 70.2 Å². The molecule has 0 radical (unpaired) electrons. The molecular weight excluding hydrogens is 548 g/mol. The standard InChI is InChI=1S/C35H50O8/c1-7-28(37)25(5)33-29(41-33)20-22(2)12-11-13-23(3)32-24(4)16-17-30(42-34(39)26-14-9-8-10-15-26)35(6,40)19-18-27(36)21-31(38)43-32/h8-17,22,24-25,27-30,32-33,36-37,40H,7,18-21H2,1-6H3/b12-11+,17-16-,23-13+. The molecule has 2 aliphatic rings. The van der Waals surface area contributed by atoms with E-state index < -0.39 is 35.9 Å². The highest BCUT2D eigenvalue weighted by Crippen LogP contribution is 2.36. The third kappa shape index (κ3) is 10.4. The van der Waals surface area contributed by atoms with Gasteiger partial charge in [0.15, 0.2) is 0 Å². The fraction of sp³-hybridized carbons (Fsp3) is 0.600. The highest BCUT2D eigenvalue weighted by atomic mass is 16.6. The number of allylic oxidation sites excluding steroid dienone is 3. The van der Waals surface area contributed by atoms with E-state index in [1.165, 1.54) is 0 Å². The molecule has 0 aliphatic carbocycles. The van der Waals surface area contributed by atoms with Crippen LogP contribution in [0.1, 0.15) is 84.0 Å². The SMILES string of the molecule is CCC(O)C(C)C1OC1CC(C)/C=C/C=C(\C)C1OC(=O)CC(O)CCC(C)(O)C(OC(=O)c2ccccc2)/C=C\C1C. The fourth-order valence-corrected chi connectivity index (χ4v) is 5.54. The Morgan fingerprint density at radius 1 is 1.21 bits per heavy atom. The molecule has 3 rings (SSSR count). The summed E-state index contributed by atoms with van der Waals surface area (Å²) in [6.45, 7) is 11.5. The van der Waals surface area contributed by atoms with E-state index >= 15 is 0 Å². The molecule has 43 heavy (non-hydrogen) atoms. The summed E-state index contributed by atoms with van der Waals surface area (Å²) >= 11 is 0. The summed E-state index contributed by atoms with van der Waals surface area (Å²) in [6.07, 6.45) is 8.28. The van der Waals surface area contributed by atoms with Gasteiger partial charge in [0.1, 0.15) is 17.8 Å². The molecule has 2 heterocycles. The Morgan fingerprint density at radius 3 is 2.58 bits per heavy atom. The Kier molecular flexibility index (Phi) is 12.8. The van der Waals surface area contributed by atoms with Crippen LogP contribution in [0.2, 0.25) is 0 Å². The zero-order valence-electron chi connectivity index (χ0n) is 26.4. The average Bonchev–Trinajstić information content (AvgIpc) is 3.74. The fourth-order valence-electron chi connectivity index (χ4n) is 5.54. The van der Waals surface area contributed by atoms with Crippen molar-refractivity contribution in [3.8, 4) is 0 Å². The van der Waals surface area contributed by atoms with E-state index in [-0.39, 0.29) is 55.3 Å². The first-order valence-corrected chi connectivity index (χ1v) is 15.5. The number of epoxide rings is 1. The van der Waals surface area contributed by atoms with Crippen LogP contribution < -0.4 is 0 Å². The molecule has 0 bridgehead atoms. The molecule has 10 unspecified atom stereocenters. The minimum Gasteiger partial charge on any atom is -0.457 e. The van der Waals surface area contributed by atoms with Crippen molar-refractivity contribution in [2.24, 2.45) is 17.8 Å². The van der Waals surface area contributed by atoms with Gasteiger partial charge in [0.2, 0.25) is 0 Å². The largest absolute Gasteiger partial charge is 0.457 e. The summed E-state index contributed by atoms with van der Waals surface area (Å²) < 4.78 is 17.4. The van der Waals surface area contributed by atoms with Crippen molar-refractivity contribution in [2.75, 3.05) is 0 Å². The monoisotopic (exact) mass is 598 g/mol. The number of benzene rings is 1. The number of rotatable bonds is 10. The molecular formula is C35H50O8. The number of ether oxygens (including phenoxy) is 3. The van der Waals surface area contributed by atoms with E-state index in [1.54, 1.807) is 49.4 Å². The van der Waals surface area contributed by atoms with Crippen molar-refractivity contribution >= 4 is 11.9 Å². The van der Waals surface area contributed by atoms with Gasteiger partial charge in [-0.25, -0.2) is 4.79 Å². The molecule has 0 aromatic heterocycles. The van der Waals surface area contributed by atoms with E-state index in [0.717, 1.165) is 12.0 Å². The lowest BCUT2D eigenvalue weighted by molar-refractivity contribution is -0.151. The van der Waals surface area contributed by atoms with Crippen LogP contribution in [0.3, 0.4) is 0 Å². The number of esters is 2. The predicted molar refractivity (Wildman–Crippen MR) is 165 cm³/mol. The number of cyclic esters (lactones) is 1. The number of carbonyl (C=O) groups is 2. The van der Waals surface area contributed by atoms with Gasteiger partial charge >= 0.3 is 11.9 Å². The molecule has 0 amide bonds. The van der Waals surface area contributed by atoms with E-state index in [1.807, 2.05) is 39.8 Å². The van der Waals surface area contributed by atoms with Crippen LogP contribution in [0.15, 0.2) is 66.3 Å². The van der Waals surface area contributed by atoms with Crippen LogP contribution in [0.4, 0.5) is 0 Å². The topological polar surface area (TPSA) is 126 Å². The first kappa shape index (κ1) is 34.7.